The van der Waals surface area contributed by atoms with Crippen LogP contribution < -0.4 is 0 Å². The molecule has 0 saturated carbocycles. The lowest BCUT2D eigenvalue weighted by molar-refractivity contribution is 0.0166. The van der Waals surface area contributed by atoms with Gasteiger partial charge in [0.2, 0.25) is 0 Å². The number of aliphatic hydroxyl groups is 1. The summed E-state index contributed by atoms with van der Waals surface area (Å²) in [5.41, 5.74) is 0.656. The van der Waals surface area contributed by atoms with Crippen LogP contribution in [-0.4, -0.2) is 5.11 Å². The predicted octanol–water partition coefficient (Wildman–Crippen LogP) is 3.95. The summed E-state index contributed by atoms with van der Waals surface area (Å²) in [4.78, 5) is 0. The van der Waals surface area contributed by atoms with E-state index in [9.17, 15) is 9.50 Å². The molecule has 19 heavy (non-hydrogen) atoms. The first kappa shape index (κ1) is 12.9. The fraction of sp³-hybridized carbons (Fsp3) is 0.333. The Morgan fingerprint density at radius 2 is 2.21 bits per heavy atom. The molecule has 1 atom stereocenters. The van der Waals surface area contributed by atoms with Crippen molar-refractivity contribution in [2.45, 2.75) is 31.3 Å². The van der Waals surface area contributed by atoms with Gasteiger partial charge in [-0.1, -0.05) is 15.9 Å². The van der Waals surface area contributed by atoms with Crippen LogP contribution in [0.5, 0.6) is 0 Å². The Labute approximate surface area is 119 Å². The van der Waals surface area contributed by atoms with E-state index in [2.05, 4.69) is 15.9 Å². The van der Waals surface area contributed by atoms with Crippen molar-refractivity contribution in [2.24, 2.45) is 0 Å². The monoisotopic (exact) mass is 324 g/mol. The molecule has 3 rings (SSSR count). The molecule has 1 N–H and O–H groups in total. The molecule has 0 saturated heterocycles. The van der Waals surface area contributed by atoms with E-state index in [0.29, 0.717) is 12.8 Å². The maximum Gasteiger partial charge on any atom is 0.123 e. The van der Waals surface area contributed by atoms with Crippen LogP contribution in [0.15, 0.2) is 39.4 Å². The second-order valence-electron chi connectivity index (χ2n) is 5.06. The van der Waals surface area contributed by atoms with Gasteiger partial charge < -0.3 is 9.52 Å². The molecular weight excluding hydrogens is 311 g/mol. The fourth-order valence-corrected chi connectivity index (χ4v) is 3.19. The second kappa shape index (κ2) is 4.76. The van der Waals surface area contributed by atoms with E-state index >= 15 is 0 Å². The molecule has 0 aliphatic heterocycles. The average Bonchev–Trinajstić information content (AvgIpc) is 2.84. The van der Waals surface area contributed by atoms with Gasteiger partial charge in [-0.2, -0.15) is 0 Å². The normalized spacial score (nSPS) is 22.3. The van der Waals surface area contributed by atoms with Crippen LogP contribution in [0.4, 0.5) is 4.39 Å². The summed E-state index contributed by atoms with van der Waals surface area (Å²) in [5, 5.41) is 10.9. The van der Waals surface area contributed by atoms with E-state index in [-0.39, 0.29) is 5.82 Å². The van der Waals surface area contributed by atoms with Crippen LogP contribution >= 0.6 is 15.9 Å². The summed E-state index contributed by atoms with van der Waals surface area (Å²) in [6.07, 6.45) is 4.40. The van der Waals surface area contributed by atoms with E-state index in [4.69, 9.17) is 4.42 Å². The summed E-state index contributed by atoms with van der Waals surface area (Å²) in [6, 6.07) is 6.37. The molecule has 0 bridgehead atoms. The SMILES string of the molecule is OC1(Cc2cc(F)ccc2Br)CCCc2occc21. The number of hydrogen-bond acceptors (Lipinski definition) is 2. The van der Waals surface area contributed by atoms with Crippen molar-refractivity contribution >= 4 is 15.9 Å². The minimum Gasteiger partial charge on any atom is -0.469 e. The molecule has 2 aromatic rings. The molecule has 0 fully saturated rings. The third-order valence-electron chi connectivity index (χ3n) is 3.73. The molecule has 1 heterocycles. The molecule has 1 unspecified atom stereocenters. The zero-order valence-electron chi connectivity index (χ0n) is 10.3. The van der Waals surface area contributed by atoms with Crippen molar-refractivity contribution in [3.05, 3.63) is 57.7 Å². The van der Waals surface area contributed by atoms with Gasteiger partial charge in [-0.15, -0.1) is 0 Å². The van der Waals surface area contributed by atoms with Gasteiger partial charge in [0.1, 0.15) is 11.6 Å². The maximum atomic E-state index is 13.3. The molecule has 1 aliphatic rings. The van der Waals surface area contributed by atoms with Crippen molar-refractivity contribution in [2.75, 3.05) is 0 Å². The number of benzene rings is 1. The first-order valence-electron chi connectivity index (χ1n) is 6.32. The standard InChI is InChI=1S/C15H14BrFO2/c16-13-4-3-11(17)8-10(13)9-15(18)6-1-2-14-12(15)5-7-19-14/h3-5,7-8,18H,1-2,6,9H2. The lowest BCUT2D eigenvalue weighted by atomic mass is 9.79. The molecule has 0 spiro atoms. The number of halogens is 2. The summed E-state index contributed by atoms with van der Waals surface area (Å²) < 4.78 is 19.6. The number of aryl methyl sites for hydroxylation is 1. The Morgan fingerprint density at radius 3 is 3.05 bits per heavy atom. The predicted molar refractivity (Wildman–Crippen MR) is 73.3 cm³/mol. The number of hydrogen-bond donors (Lipinski definition) is 1. The number of fused-ring (bicyclic) bond motifs is 1. The van der Waals surface area contributed by atoms with E-state index in [0.717, 1.165) is 34.2 Å². The Morgan fingerprint density at radius 1 is 1.37 bits per heavy atom. The average molecular weight is 325 g/mol. The first-order chi connectivity index (χ1) is 9.08. The van der Waals surface area contributed by atoms with Crippen LogP contribution in [0.1, 0.15) is 29.7 Å². The Balaban J connectivity index is 1.97. The molecule has 100 valence electrons. The van der Waals surface area contributed by atoms with Gasteiger partial charge in [-0.05, 0) is 42.7 Å². The Kier molecular flexibility index (Phi) is 3.23. The van der Waals surface area contributed by atoms with Gasteiger partial charge in [0, 0.05) is 22.9 Å². The quantitative estimate of drug-likeness (QED) is 0.907. The van der Waals surface area contributed by atoms with Crippen LogP contribution in [0.3, 0.4) is 0 Å². The van der Waals surface area contributed by atoms with Crippen molar-refractivity contribution in [1.29, 1.82) is 0 Å². The van der Waals surface area contributed by atoms with Crippen LogP contribution in [-0.2, 0) is 18.4 Å². The van der Waals surface area contributed by atoms with Crippen molar-refractivity contribution in [3.8, 4) is 0 Å². The summed E-state index contributed by atoms with van der Waals surface area (Å²) >= 11 is 3.41. The van der Waals surface area contributed by atoms with Crippen molar-refractivity contribution < 1.29 is 13.9 Å². The fourth-order valence-electron chi connectivity index (χ4n) is 2.80. The lowest BCUT2D eigenvalue weighted by Crippen LogP contribution is -2.32. The number of rotatable bonds is 2. The van der Waals surface area contributed by atoms with E-state index in [1.165, 1.54) is 12.1 Å². The summed E-state index contributed by atoms with van der Waals surface area (Å²) in [6.45, 7) is 0. The molecule has 1 aromatic heterocycles. The van der Waals surface area contributed by atoms with Gasteiger partial charge in [0.05, 0.1) is 11.9 Å². The van der Waals surface area contributed by atoms with Crippen molar-refractivity contribution in [3.63, 3.8) is 0 Å². The van der Waals surface area contributed by atoms with Crippen LogP contribution in [0.25, 0.3) is 0 Å². The smallest absolute Gasteiger partial charge is 0.123 e. The Hall–Kier alpha value is -1.13. The number of furan rings is 1. The van der Waals surface area contributed by atoms with Gasteiger partial charge in [-0.3, -0.25) is 0 Å². The molecule has 0 amide bonds. The topological polar surface area (TPSA) is 33.4 Å². The van der Waals surface area contributed by atoms with Gasteiger partial charge in [-0.25, -0.2) is 4.39 Å². The van der Waals surface area contributed by atoms with Gasteiger partial charge >= 0.3 is 0 Å². The highest BCUT2D eigenvalue weighted by molar-refractivity contribution is 9.10. The van der Waals surface area contributed by atoms with Gasteiger partial charge in [0.25, 0.3) is 0 Å². The molecule has 0 radical (unpaired) electrons. The molecule has 2 nitrogen and oxygen atoms in total. The largest absolute Gasteiger partial charge is 0.469 e. The minimum absolute atomic E-state index is 0.287. The van der Waals surface area contributed by atoms with Crippen LogP contribution in [0, 0.1) is 5.82 Å². The van der Waals surface area contributed by atoms with E-state index < -0.39 is 5.60 Å². The highest BCUT2D eigenvalue weighted by Crippen LogP contribution is 2.39. The maximum absolute atomic E-state index is 13.3. The third-order valence-corrected chi connectivity index (χ3v) is 4.51. The first-order valence-corrected chi connectivity index (χ1v) is 7.11. The van der Waals surface area contributed by atoms with Crippen molar-refractivity contribution in [1.82, 2.24) is 0 Å². The van der Waals surface area contributed by atoms with Crippen LogP contribution in [0.2, 0.25) is 0 Å². The molecule has 1 aromatic carbocycles. The zero-order chi connectivity index (χ0) is 13.5. The van der Waals surface area contributed by atoms with E-state index in [1.54, 1.807) is 12.3 Å². The Bertz CT molecular complexity index is 608. The summed E-state index contributed by atoms with van der Waals surface area (Å²) in [5.74, 6) is 0.561. The van der Waals surface area contributed by atoms with Gasteiger partial charge in [0.15, 0.2) is 0 Å². The minimum atomic E-state index is -0.961. The highest BCUT2D eigenvalue weighted by Gasteiger charge is 2.36. The third kappa shape index (κ3) is 2.35. The second-order valence-corrected chi connectivity index (χ2v) is 5.91. The highest BCUT2D eigenvalue weighted by atomic mass is 79.9. The zero-order valence-corrected chi connectivity index (χ0v) is 11.9. The summed E-state index contributed by atoms with van der Waals surface area (Å²) in [7, 11) is 0. The molecule has 1 aliphatic carbocycles. The molecule has 4 heteroatoms. The lowest BCUT2D eigenvalue weighted by Gasteiger charge is -2.32. The van der Waals surface area contributed by atoms with E-state index in [1.807, 2.05) is 6.07 Å². The molecular formula is C15H14BrFO2.